The van der Waals surface area contributed by atoms with Crippen LogP contribution in [0.1, 0.15) is 18.1 Å². The summed E-state index contributed by atoms with van der Waals surface area (Å²) in [4.78, 5) is 12.4. The lowest BCUT2D eigenvalue weighted by Gasteiger charge is -2.28. The molecule has 0 aliphatic heterocycles. The zero-order valence-corrected chi connectivity index (χ0v) is 15.5. The maximum absolute atomic E-state index is 13.5. The van der Waals surface area contributed by atoms with E-state index in [1.807, 2.05) is 31.2 Å². The summed E-state index contributed by atoms with van der Waals surface area (Å²) < 4.78 is 51.6. The maximum Gasteiger partial charge on any atom is 0.243 e. The average molecular weight is 382 g/mol. The molecule has 0 aliphatic carbocycles. The normalized spacial score (nSPS) is 12.5. The number of hydrogen-bond acceptors (Lipinski definition) is 3. The van der Waals surface area contributed by atoms with Gasteiger partial charge in [-0.2, -0.15) is 0 Å². The van der Waals surface area contributed by atoms with E-state index in [4.69, 9.17) is 0 Å². The smallest absolute Gasteiger partial charge is 0.243 e. The molecule has 2 aromatic carbocycles. The van der Waals surface area contributed by atoms with Crippen molar-refractivity contribution < 1.29 is 22.0 Å². The van der Waals surface area contributed by atoms with E-state index >= 15 is 0 Å². The highest BCUT2D eigenvalue weighted by Gasteiger charge is 2.29. The van der Waals surface area contributed by atoms with Crippen LogP contribution in [0.15, 0.2) is 42.5 Å². The van der Waals surface area contributed by atoms with E-state index in [1.165, 1.54) is 6.92 Å². The average Bonchev–Trinajstić information content (AvgIpc) is 2.56. The second-order valence-corrected chi connectivity index (χ2v) is 7.90. The molecular formula is C18H20F2N2O3S. The van der Waals surface area contributed by atoms with Crippen molar-refractivity contribution in [1.82, 2.24) is 5.32 Å². The summed E-state index contributed by atoms with van der Waals surface area (Å²) in [5.74, 6) is -2.84. The summed E-state index contributed by atoms with van der Waals surface area (Å²) in [6.45, 7) is 3.54. The second-order valence-electron chi connectivity index (χ2n) is 6.04. The number of sulfonamides is 1. The third-order valence-electron chi connectivity index (χ3n) is 3.83. The van der Waals surface area contributed by atoms with Gasteiger partial charge in [0.1, 0.15) is 6.04 Å². The van der Waals surface area contributed by atoms with Gasteiger partial charge in [-0.25, -0.2) is 17.2 Å². The molecule has 0 spiro atoms. The first kappa shape index (κ1) is 19.8. The molecule has 0 radical (unpaired) electrons. The number of anilines is 1. The quantitative estimate of drug-likeness (QED) is 0.835. The first-order valence-corrected chi connectivity index (χ1v) is 9.72. The Morgan fingerprint density at radius 1 is 1.12 bits per heavy atom. The van der Waals surface area contributed by atoms with Gasteiger partial charge in [0.15, 0.2) is 11.6 Å². The van der Waals surface area contributed by atoms with Gasteiger partial charge in [0, 0.05) is 12.6 Å². The molecule has 0 saturated carbocycles. The Morgan fingerprint density at radius 2 is 1.73 bits per heavy atom. The zero-order chi connectivity index (χ0) is 19.5. The van der Waals surface area contributed by atoms with Gasteiger partial charge in [0.25, 0.3) is 0 Å². The molecule has 5 nitrogen and oxygen atoms in total. The highest BCUT2D eigenvalue weighted by molar-refractivity contribution is 7.92. The zero-order valence-electron chi connectivity index (χ0n) is 14.7. The molecule has 140 valence electrons. The van der Waals surface area contributed by atoms with Crippen molar-refractivity contribution in [3.8, 4) is 0 Å². The van der Waals surface area contributed by atoms with Gasteiger partial charge in [-0.3, -0.25) is 9.10 Å². The molecule has 1 atom stereocenters. The summed E-state index contributed by atoms with van der Waals surface area (Å²) in [6, 6.07) is 9.04. The van der Waals surface area contributed by atoms with Gasteiger partial charge in [-0.1, -0.05) is 29.8 Å². The van der Waals surface area contributed by atoms with Gasteiger partial charge < -0.3 is 5.32 Å². The van der Waals surface area contributed by atoms with Crippen LogP contribution < -0.4 is 9.62 Å². The number of rotatable bonds is 6. The lowest BCUT2D eigenvalue weighted by atomic mass is 10.1. The van der Waals surface area contributed by atoms with Crippen LogP contribution in [0.4, 0.5) is 14.5 Å². The molecule has 1 N–H and O–H groups in total. The molecule has 0 aliphatic rings. The SMILES string of the molecule is Cc1ccc(CNC(=O)C(C)N(c2ccc(F)c(F)c2)S(C)(=O)=O)cc1. The Balaban J connectivity index is 2.20. The molecule has 1 amide bonds. The highest BCUT2D eigenvalue weighted by Crippen LogP contribution is 2.23. The lowest BCUT2D eigenvalue weighted by Crippen LogP contribution is -2.47. The van der Waals surface area contributed by atoms with E-state index < -0.39 is 33.6 Å². The van der Waals surface area contributed by atoms with E-state index in [-0.39, 0.29) is 12.2 Å². The van der Waals surface area contributed by atoms with Crippen LogP contribution in [0.5, 0.6) is 0 Å². The van der Waals surface area contributed by atoms with Crippen molar-refractivity contribution in [1.29, 1.82) is 0 Å². The molecule has 0 saturated heterocycles. The van der Waals surface area contributed by atoms with Gasteiger partial charge in [-0.05, 0) is 31.5 Å². The summed E-state index contributed by atoms with van der Waals surface area (Å²) in [6.07, 6.45) is 0.901. The molecule has 0 bridgehead atoms. The highest BCUT2D eigenvalue weighted by atomic mass is 32.2. The number of benzene rings is 2. The number of nitrogens with zero attached hydrogens (tertiary/aromatic N) is 1. The monoisotopic (exact) mass is 382 g/mol. The predicted molar refractivity (Wildman–Crippen MR) is 96.2 cm³/mol. The molecule has 1 unspecified atom stereocenters. The predicted octanol–water partition coefficient (Wildman–Crippen LogP) is 2.74. The molecule has 0 aromatic heterocycles. The van der Waals surface area contributed by atoms with E-state index in [0.29, 0.717) is 0 Å². The largest absolute Gasteiger partial charge is 0.350 e. The number of hydrogen-bond donors (Lipinski definition) is 1. The number of aryl methyl sites for hydroxylation is 1. The molecule has 8 heteroatoms. The van der Waals surface area contributed by atoms with Crippen LogP contribution in [0.3, 0.4) is 0 Å². The van der Waals surface area contributed by atoms with Crippen molar-refractivity contribution in [2.24, 2.45) is 0 Å². The lowest BCUT2D eigenvalue weighted by molar-refractivity contribution is -0.122. The Morgan fingerprint density at radius 3 is 2.27 bits per heavy atom. The minimum Gasteiger partial charge on any atom is -0.350 e. The fourth-order valence-corrected chi connectivity index (χ4v) is 3.64. The Hall–Kier alpha value is -2.48. The van der Waals surface area contributed by atoms with E-state index in [2.05, 4.69) is 5.32 Å². The fourth-order valence-electron chi connectivity index (χ4n) is 2.47. The topological polar surface area (TPSA) is 66.5 Å². The number of amides is 1. The van der Waals surface area contributed by atoms with Gasteiger partial charge in [-0.15, -0.1) is 0 Å². The summed E-state index contributed by atoms with van der Waals surface area (Å²) in [5.41, 5.74) is 1.81. The first-order valence-electron chi connectivity index (χ1n) is 7.87. The van der Waals surface area contributed by atoms with Gasteiger partial charge >= 0.3 is 0 Å². The molecule has 0 fully saturated rings. The third kappa shape index (κ3) is 4.78. The van der Waals surface area contributed by atoms with Crippen LogP contribution in [0, 0.1) is 18.6 Å². The Kier molecular flexibility index (Phi) is 5.97. The molecular weight excluding hydrogens is 362 g/mol. The van der Waals surface area contributed by atoms with Crippen molar-refractivity contribution in [2.75, 3.05) is 10.6 Å². The van der Waals surface area contributed by atoms with Crippen LogP contribution in [0.25, 0.3) is 0 Å². The summed E-state index contributed by atoms with van der Waals surface area (Å²) in [5, 5.41) is 2.65. The Labute approximate surface area is 151 Å². The minimum absolute atomic E-state index is 0.121. The number of carbonyl (C=O) groups excluding carboxylic acids is 1. The molecule has 0 heterocycles. The minimum atomic E-state index is -3.90. The van der Waals surface area contributed by atoms with Crippen molar-refractivity contribution in [3.05, 3.63) is 65.2 Å². The van der Waals surface area contributed by atoms with Crippen molar-refractivity contribution in [2.45, 2.75) is 26.4 Å². The number of carbonyl (C=O) groups is 1. The Bertz CT molecular complexity index is 899. The van der Waals surface area contributed by atoms with Gasteiger partial charge in [0.2, 0.25) is 15.9 Å². The second kappa shape index (κ2) is 7.82. The summed E-state index contributed by atoms with van der Waals surface area (Å²) in [7, 11) is -3.90. The number of halogens is 2. The maximum atomic E-state index is 13.5. The van der Waals surface area contributed by atoms with Gasteiger partial charge in [0.05, 0.1) is 11.9 Å². The van der Waals surface area contributed by atoms with Crippen LogP contribution in [-0.4, -0.2) is 26.6 Å². The molecule has 26 heavy (non-hydrogen) atoms. The van der Waals surface area contributed by atoms with Crippen molar-refractivity contribution in [3.63, 3.8) is 0 Å². The van der Waals surface area contributed by atoms with Crippen molar-refractivity contribution >= 4 is 21.6 Å². The first-order chi connectivity index (χ1) is 12.1. The van der Waals surface area contributed by atoms with Crippen LogP contribution >= 0.6 is 0 Å². The van der Waals surface area contributed by atoms with E-state index in [9.17, 15) is 22.0 Å². The van der Waals surface area contributed by atoms with E-state index in [1.54, 1.807) is 0 Å². The van der Waals surface area contributed by atoms with E-state index in [0.717, 1.165) is 39.9 Å². The molecule has 2 rings (SSSR count). The third-order valence-corrected chi connectivity index (χ3v) is 5.08. The molecule has 2 aromatic rings. The summed E-state index contributed by atoms with van der Waals surface area (Å²) >= 11 is 0. The van der Waals surface area contributed by atoms with Crippen LogP contribution in [0.2, 0.25) is 0 Å². The van der Waals surface area contributed by atoms with Crippen LogP contribution in [-0.2, 0) is 21.4 Å². The number of nitrogens with one attached hydrogen (secondary N) is 1. The standard InChI is InChI=1S/C18H20F2N2O3S/c1-12-4-6-14(7-5-12)11-21-18(23)13(2)22(26(3,24)25)15-8-9-16(19)17(20)10-15/h4-10,13H,11H2,1-3H3,(H,21,23). The fraction of sp³-hybridized carbons (Fsp3) is 0.278.